The van der Waals surface area contributed by atoms with E-state index in [1.807, 2.05) is 0 Å². The third kappa shape index (κ3) is 3.23. The topological polar surface area (TPSA) is 74.4 Å². The fraction of sp³-hybridized carbons (Fsp3) is 0.0769. The minimum absolute atomic E-state index is 0.155. The second kappa shape index (κ2) is 5.71. The molecule has 0 unspecified atom stereocenters. The Labute approximate surface area is 118 Å². The molecule has 1 aromatic heterocycles. The molecule has 0 fully saturated rings. The number of carbonyl (C=O) groups is 1. The van der Waals surface area contributed by atoms with Crippen LogP contribution in [0, 0.1) is 0 Å². The molecular formula is C13H11BrN2O3. The number of rotatable bonds is 4. The van der Waals surface area contributed by atoms with Crippen molar-refractivity contribution in [3.8, 4) is 17.4 Å². The van der Waals surface area contributed by atoms with E-state index < -0.39 is 5.91 Å². The molecule has 0 atom stereocenters. The van der Waals surface area contributed by atoms with Crippen LogP contribution in [0.2, 0.25) is 0 Å². The van der Waals surface area contributed by atoms with Crippen LogP contribution in [-0.4, -0.2) is 18.0 Å². The average Bonchev–Trinajstić information content (AvgIpc) is 2.41. The van der Waals surface area contributed by atoms with Crippen molar-refractivity contribution in [2.45, 2.75) is 0 Å². The van der Waals surface area contributed by atoms with Crippen LogP contribution in [0.4, 0.5) is 0 Å². The van der Waals surface area contributed by atoms with Crippen molar-refractivity contribution in [3.63, 3.8) is 0 Å². The Balaban J connectivity index is 2.26. The van der Waals surface area contributed by atoms with Crippen molar-refractivity contribution in [2.24, 2.45) is 5.73 Å². The largest absolute Gasteiger partial charge is 0.497 e. The summed E-state index contributed by atoms with van der Waals surface area (Å²) in [6, 6.07) is 10.1. The number of hydrogen-bond acceptors (Lipinski definition) is 4. The van der Waals surface area contributed by atoms with Gasteiger partial charge in [-0.15, -0.1) is 0 Å². The SMILES string of the molecule is COc1ccc(Oc2cccc(C(N)=O)n2)c(Br)c1. The summed E-state index contributed by atoms with van der Waals surface area (Å²) < 4.78 is 11.4. The van der Waals surface area contributed by atoms with Crippen LogP contribution in [0.15, 0.2) is 40.9 Å². The van der Waals surface area contributed by atoms with Gasteiger partial charge in [-0.2, -0.15) is 0 Å². The molecule has 0 saturated carbocycles. The van der Waals surface area contributed by atoms with E-state index in [1.165, 1.54) is 6.07 Å². The number of pyridine rings is 1. The van der Waals surface area contributed by atoms with E-state index in [-0.39, 0.29) is 5.69 Å². The predicted molar refractivity (Wildman–Crippen MR) is 73.5 cm³/mol. The Morgan fingerprint density at radius 1 is 1.32 bits per heavy atom. The number of ether oxygens (including phenoxy) is 2. The molecule has 1 amide bonds. The number of nitrogens with two attached hydrogens (primary N) is 1. The molecule has 0 aliphatic rings. The van der Waals surface area contributed by atoms with E-state index in [9.17, 15) is 4.79 Å². The number of aromatic nitrogens is 1. The summed E-state index contributed by atoms with van der Waals surface area (Å²) in [6.07, 6.45) is 0. The maximum Gasteiger partial charge on any atom is 0.267 e. The fourth-order valence-corrected chi connectivity index (χ4v) is 1.85. The maximum atomic E-state index is 11.0. The molecular weight excluding hydrogens is 312 g/mol. The molecule has 6 heteroatoms. The molecule has 0 bridgehead atoms. The Morgan fingerprint density at radius 2 is 2.11 bits per heavy atom. The second-order valence-corrected chi connectivity index (χ2v) is 4.48. The first-order valence-electron chi connectivity index (χ1n) is 5.38. The Hall–Kier alpha value is -2.08. The molecule has 2 rings (SSSR count). The smallest absolute Gasteiger partial charge is 0.267 e. The van der Waals surface area contributed by atoms with Crippen LogP contribution >= 0.6 is 15.9 Å². The summed E-state index contributed by atoms with van der Waals surface area (Å²) in [6.45, 7) is 0. The number of primary amides is 1. The molecule has 19 heavy (non-hydrogen) atoms. The van der Waals surface area contributed by atoms with Crippen molar-refractivity contribution in [3.05, 3.63) is 46.6 Å². The third-order valence-electron chi connectivity index (χ3n) is 2.33. The van der Waals surface area contributed by atoms with Crippen molar-refractivity contribution < 1.29 is 14.3 Å². The van der Waals surface area contributed by atoms with Crippen LogP contribution in [0.1, 0.15) is 10.5 Å². The lowest BCUT2D eigenvalue weighted by Crippen LogP contribution is -2.12. The minimum atomic E-state index is -0.598. The van der Waals surface area contributed by atoms with Gasteiger partial charge in [-0.1, -0.05) is 6.07 Å². The quantitative estimate of drug-likeness (QED) is 0.939. The highest BCUT2D eigenvalue weighted by Crippen LogP contribution is 2.31. The van der Waals surface area contributed by atoms with E-state index in [2.05, 4.69) is 20.9 Å². The molecule has 2 aromatic rings. The highest BCUT2D eigenvalue weighted by Gasteiger charge is 2.08. The molecule has 0 saturated heterocycles. The summed E-state index contributed by atoms with van der Waals surface area (Å²) in [5.74, 6) is 0.967. The van der Waals surface area contributed by atoms with Crippen molar-refractivity contribution in [2.75, 3.05) is 7.11 Å². The molecule has 5 nitrogen and oxygen atoms in total. The molecule has 1 heterocycles. The van der Waals surface area contributed by atoms with Gasteiger partial charge in [-0.05, 0) is 40.2 Å². The van der Waals surface area contributed by atoms with Gasteiger partial charge in [0.2, 0.25) is 5.88 Å². The van der Waals surface area contributed by atoms with Crippen molar-refractivity contribution >= 4 is 21.8 Å². The normalized spacial score (nSPS) is 10.0. The van der Waals surface area contributed by atoms with Gasteiger partial charge in [0.05, 0.1) is 11.6 Å². The van der Waals surface area contributed by atoms with E-state index in [4.69, 9.17) is 15.2 Å². The monoisotopic (exact) mass is 322 g/mol. The fourth-order valence-electron chi connectivity index (χ4n) is 1.41. The van der Waals surface area contributed by atoms with E-state index in [0.717, 1.165) is 4.47 Å². The van der Waals surface area contributed by atoms with Crippen molar-refractivity contribution in [1.82, 2.24) is 4.98 Å². The molecule has 1 aromatic carbocycles. The molecule has 0 aliphatic carbocycles. The lowest BCUT2D eigenvalue weighted by Gasteiger charge is -2.08. The molecule has 2 N–H and O–H groups in total. The van der Waals surface area contributed by atoms with Gasteiger partial charge in [-0.3, -0.25) is 4.79 Å². The highest BCUT2D eigenvalue weighted by molar-refractivity contribution is 9.10. The standard InChI is InChI=1S/C13H11BrN2O3/c1-18-8-5-6-11(9(14)7-8)19-12-4-2-3-10(16-12)13(15)17/h2-7H,1H3,(H2,15,17). The van der Waals surface area contributed by atoms with Crippen LogP contribution in [0.3, 0.4) is 0 Å². The first-order valence-corrected chi connectivity index (χ1v) is 6.17. The Morgan fingerprint density at radius 3 is 2.74 bits per heavy atom. The lowest BCUT2D eigenvalue weighted by molar-refractivity contribution is 0.0995. The number of hydrogen-bond donors (Lipinski definition) is 1. The highest BCUT2D eigenvalue weighted by atomic mass is 79.9. The van der Waals surface area contributed by atoms with Crippen LogP contribution in [0.25, 0.3) is 0 Å². The minimum Gasteiger partial charge on any atom is -0.497 e. The maximum absolute atomic E-state index is 11.0. The Bertz CT molecular complexity index is 617. The predicted octanol–water partition coefficient (Wildman–Crippen LogP) is 2.74. The number of nitrogens with zero attached hydrogens (tertiary/aromatic N) is 1. The zero-order chi connectivity index (χ0) is 13.8. The average molecular weight is 323 g/mol. The van der Waals surface area contributed by atoms with E-state index in [1.54, 1.807) is 37.4 Å². The second-order valence-electron chi connectivity index (χ2n) is 3.62. The molecule has 0 aliphatic heterocycles. The van der Waals surface area contributed by atoms with Gasteiger partial charge in [0.15, 0.2) is 0 Å². The summed E-state index contributed by atoms with van der Waals surface area (Å²) in [7, 11) is 1.58. The van der Waals surface area contributed by atoms with Gasteiger partial charge in [-0.25, -0.2) is 4.98 Å². The molecule has 0 radical (unpaired) electrons. The van der Waals surface area contributed by atoms with E-state index in [0.29, 0.717) is 17.4 Å². The first-order chi connectivity index (χ1) is 9.10. The molecule has 98 valence electrons. The lowest BCUT2D eigenvalue weighted by atomic mass is 10.3. The summed E-state index contributed by atoms with van der Waals surface area (Å²) >= 11 is 3.37. The number of halogens is 1. The Kier molecular flexibility index (Phi) is 4.01. The number of amides is 1. The zero-order valence-electron chi connectivity index (χ0n) is 10.1. The van der Waals surface area contributed by atoms with Gasteiger partial charge in [0, 0.05) is 6.07 Å². The van der Waals surface area contributed by atoms with Crippen LogP contribution in [0.5, 0.6) is 17.4 Å². The molecule has 0 spiro atoms. The van der Waals surface area contributed by atoms with Crippen LogP contribution in [-0.2, 0) is 0 Å². The van der Waals surface area contributed by atoms with Gasteiger partial charge in [0.1, 0.15) is 17.2 Å². The van der Waals surface area contributed by atoms with E-state index >= 15 is 0 Å². The van der Waals surface area contributed by atoms with Gasteiger partial charge >= 0.3 is 0 Å². The number of benzene rings is 1. The number of carbonyl (C=O) groups excluding carboxylic acids is 1. The zero-order valence-corrected chi connectivity index (χ0v) is 11.7. The summed E-state index contributed by atoms with van der Waals surface area (Å²) in [4.78, 5) is 15.0. The first kappa shape index (κ1) is 13.4. The van der Waals surface area contributed by atoms with Gasteiger partial charge < -0.3 is 15.2 Å². The number of methoxy groups -OCH3 is 1. The summed E-state index contributed by atoms with van der Waals surface area (Å²) in [5, 5.41) is 0. The van der Waals surface area contributed by atoms with Crippen LogP contribution < -0.4 is 15.2 Å². The van der Waals surface area contributed by atoms with Crippen molar-refractivity contribution in [1.29, 1.82) is 0 Å². The summed E-state index contributed by atoms with van der Waals surface area (Å²) in [5.41, 5.74) is 5.32. The third-order valence-corrected chi connectivity index (χ3v) is 2.95. The van der Waals surface area contributed by atoms with Gasteiger partial charge in [0.25, 0.3) is 5.91 Å².